The molecule has 2 rings (SSSR count). The molecule has 7 heteroatoms. The molecule has 1 fully saturated rings. The van der Waals surface area contributed by atoms with Crippen LogP contribution in [0, 0.1) is 0 Å². The first-order chi connectivity index (χ1) is 13.0. The van der Waals surface area contributed by atoms with Gasteiger partial charge in [-0.05, 0) is 25.3 Å². The highest BCUT2D eigenvalue weighted by Gasteiger charge is 2.41. The van der Waals surface area contributed by atoms with E-state index < -0.39 is 23.6 Å². The van der Waals surface area contributed by atoms with Gasteiger partial charge in [-0.3, -0.25) is 4.79 Å². The highest BCUT2D eigenvalue weighted by atomic mass is 16.5. The number of nitrogens with one attached hydrogen (secondary N) is 2. The summed E-state index contributed by atoms with van der Waals surface area (Å²) in [5.74, 6) is -0.905. The molecule has 0 heterocycles. The molecule has 0 radical (unpaired) electrons. The largest absolute Gasteiger partial charge is 0.467 e. The number of alkyl carbamates (subject to hydrolysis) is 1. The molecule has 1 aliphatic carbocycles. The molecule has 0 aliphatic heterocycles. The summed E-state index contributed by atoms with van der Waals surface area (Å²) >= 11 is 0. The van der Waals surface area contributed by atoms with Crippen molar-refractivity contribution < 1.29 is 23.9 Å². The molecule has 27 heavy (non-hydrogen) atoms. The summed E-state index contributed by atoms with van der Waals surface area (Å²) in [6.45, 7) is 1.69. The maximum Gasteiger partial charge on any atom is 0.408 e. The molecular weight excluding hydrogens is 348 g/mol. The zero-order chi connectivity index (χ0) is 19.7. The standard InChI is InChI=1S/C20H28N2O5/c1-15(17(23)26-2)21-18(24)20(12-8-3-4-9-13-20)22-19(25)27-14-16-10-6-5-7-11-16/h5-7,10-11,15H,3-4,8-9,12-14H2,1-2H3,(H,21,24)(H,22,25)/t15-/m0/s1. The van der Waals surface area contributed by atoms with Crippen LogP contribution in [0.1, 0.15) is 51.0 Å². The van der Waals surface area contributed by atoms with Gasteiger partial charge >= 0.3 is 12.1 Å². The van der Waals surface area contributed by atoms with Crippen LogP contribution in [0.25, 0.3) is 0 Å². The van der Waals surface area contributed by atoms with Gasteiger partial charge in [0, 0.05) is 0 Å². The number of rotatable bonds is 6. The Labute approximate surface area is 159 Å². The van der Waals surface area contributed by atoms with Crippen molar-refractivity contribution >= 4 is 18.0 Å². The van der Waals surface area contributed by atoms with E-state index >= 15 is 0 Å². The van der Waals surface area contributed by atoms with Gasteiger partial charge in [-0.25, -0.2) is 9.59 Å². The van der Waals surface area contributed by atoms with Crippen LogP contribution < -0.4 is 10.6 Å². The van der Waals surface area contributed by atoms with Crippen molar-refractivity contribution in [3.63, 3.8) is 0 Å². The number of esters is 1. The minimum absolute atomic E-state index is 0.128. The number of amides is 2. The monoisotopic (exact) mass is 376 g/mol. The molecule has 1 aromatic rings. The highest BCUT2D eigenvalue weighted by molar-refractivity contribution is 5.92. The average Bonchev–Trinajstić information content (AvgIpc) is 2.93. The van der Waals surface area contributed by atoms with Crippen LogP contribution >= 0.6 is 0 Å². The second-order valence-corrected chi connectivity index (χ2v) is 6.90. The summed E-state index contributed by atoms with van der Waals surface area (Å²) in [7, 11) is 1.27. The molecule has 0 unspecified atom stereocenters. The van der Waals surface area contributed by atoms with Gasteiger partial charge < -0.3 is 20.1 Å². The van der Waals surface area contributed by atoms with Crippen LogP contribution in [-0.2, 0) is 25.7 Å². The Balaban J connectivity index is 2.04. The Kier molecular flexibility index (Phi) is 7.64. The summed E-state index contributed by atoms with van der Waals surface area (Å²) in [5, 5.41) is 5.44. The lowest BCUT2D eigenvalue weighted by Gasteiger charge is -2.32. The second-order valence-electron chi connectivity index (χ2n) is 6.90. The van der Waals surface area contributed by atoms with Crippen molar-refractivity contribution in [1.82, 2.24) is 10.6 Å². The van der Waals surface area contributed by atoms with Gasteiger partial charge in [0.05, 0.1) is 7.11 Å². The van der Waals surface area contributed by atoms with E-state index in [1.807, 2.05) is 30.3 Å². The fourth-order valence-corrected chi connectivity index (χ4v) is 3.27. The Morgan fingerprint density at radius 3 is 2.30 bits per heavy atom. The molecule has 0 bridgehead atoms. The lowest BCUT2D eigenvalue weighted by Crippen LogP contribution is -2.60. The van der Waals surface area contributed by atoms with Gasteiger partial charge in [0.25, 0.3) is 0 Å². The number of carbonyl (C=O) groups is 3. The number of carbonyl (C=O) groups excluding carboxylic acids is 3. The van der Waals surface area contributed by atoms with Gasteiger partial charge in [-0.1, -0.05) is 56.0 Å². The van der Waals surface area contributed by atoms with Crippen LogP contribution in [0.2, 0.25) is 0 Å². The summed E-state index contributed by atoms with van der Waals surface area (Å²) in [5.41, 5.74) is -0.210. The predicted molar refractivity (Wildman–Crippen MR) is 99.8 cm³/mol. The third-order valence-corrected chi connectivity index (χ3v) is 4.85. The van der Waals surface area contributed by atoms with Crippen LogP contribution in [0.5, 0.6) is 0 Å². The van der Waals surface area contributed by atoms with Crippen LogP contribution in [0.15, 0.2) is 30.3 Å². The van der Waals surface area contributed by atoms with Crippen molar-refractivity contribution in [3.8, 4) is 0 Å². The van der Waals surface area contributed by atoms with E-state index in [2.05, 4.69) is 15.4 Å². The molecule has 2 N–H and O–H groups in total. The number of hydrogen-bond acceptors (Lipinski definition) is 5. The van der Waals surface area contributed by atoms with Crippen molar-refractivity contribution in [2.45, 2.75) is 63.6 Å². The molecule has 1 aliphatic rings. The van der Waals surface area contributed by atoms with Gasteiger partial charge in [-0.2, -0.15) is 0 Å². The first-order valence-electron chi connectivity index (χ1n) is 9.34. The number of benzene rings is 1. The molecule has 0 spiro atoms. The van der Waals surface area contributed by atoms with E-state index in [1.165, 1.54) is 7.11 Å². The minimum Gasteiger partial charge on any atom is -0.467 e. The predicted octanol–water partition coefficient (Wildman–Crippen LogP) is 2.68. The third-order valence-electron chi connectivity index (χ3n) is 4.85. The topological polar surface area (TPSA) is 93.7 Å². The van der Waals surface area contributed by atoms with Gasteiger partial charge in [-0.15, -0.1) is 0 Å². The van der Waals surface area contributed by atoms with E-state index in [9.17, 15) is 14.4 Å². The molecule has 148 valence electrons. The van der Waals surface area contributed by atoms with Gasteiger partial charge in [0.15, 0.2) is 0 Å². The van der Waals surface area contributed by atoms with Crippen molar-refractivity contribution in [2.24, 2.45) is 0 Å². The smallest absolute Gasteiger partial charge is 0.408 e. The highest BCUT2D eigenvalue weighted by Crippen LogP contribution is 2.28. The quantitative estimate of drug-likeness (QED) is 0.588. The van der Waals surface area contributed by atoms with E-state index in [0.717, 1.165) is 31.2 Å². The number of hydrogen-bond donors (Lipinski definition) is 2. The van der Waals surface area contributed by atoms with Crippen LogP contribution in [0.4, 0.5) is 4.79 Å². The Morgan fingerprint density at radius 2 is 1.70 bits per heavy atom. The van der Waals surface area contributed by atoms with E-state index in [-0.39, 0.29) is 12.5 Å². The van der Waals surface area contributed by atoms with Crippen molar-refractivity contribution in [2.75, 3.05) is 7.11 Å². The van der Waals surface area contributed by atoms with E-state index in [0.29, 0.717) is 12.8 Å². The summed E-state index contributed by atoms with van der Waals surface area (Å²) < 4.78 is 9.96. The number of methoxy groups -OCH3 is 1. The molecule has 0 aromatic heterocycles. The van der Waals surface area contributed by atoms with Crippen molar-refractivity contribution in [1.29, 1.82) is 0 Å². The normalized spacial score (nSPS) is 17.1. The fourth-order valence-electron chi connectivity index (χ4n) is 3.27. The molecule has 1 atom stereocenters. The molecular formula is C20H28N2O5. The lowest BCUT2D eigenvalue weighted by molar-refractivity contribution is -0.145. The first kappa shape index (κ1) is 20.7. The average molecular weight is 376 g/mol. The third kappa shape index (κ3) is 5.98. The summed E-state index contributed by atoms with van der Waals surface area (Å²) in [4.78, 5) is 36.9. The van der Waals surface area contributed by atoms with Gasteiger partial charge in [0.1, 0.15) is 18.2 Å². The first-order valence-corrected chi connectivity index (χ1v) is 9.34. The summed E-state index contributed by atoms with van der Waals surface area (Å²) in [6.07, 6.45) is 4.02. The Morgan fingerprint density at radius 1 is 1.07 bits per heavy atom. The maximum absolute atomic E-state index is 12.9. The Bertz CT molecular complexity index is 639. The molecule has 1 saturated carbocycles. The molecule has 1 aromatic carbocycles. The fraction of sp³-hybridized carbons (Fsp3) is 0.550. The Hall–Kier alpha value is -2.57. The van der Waals surface area contributed by atoms with Crippen molar-refractivity contribution in [3.05, 3.63) is 35.9 Å². The maximum atomic E-state index is 12.9. The molecule has 2 amide bonds. The SMILES string of the molecule is COC(=O)[C@H](C)NC(=O)C1(NC(=O)OCc2ccccc2)CCCCCC1. The van der Waals surface area contributed by atoms with Gasteiger partial charge in [0.2, 0.25) is 5.91 Å². The van der Waals surface area contributed by atoms with E-state index in [4.69, 9.17) is 4.74 Å². The van der Waals surface area contributed by atoms with Crippen LogP contribution in [-0.4, -0.2) is 36.7 Å². The summed E-state index contributed by atoms with van der Waals surface area (Å²) in [6, 6.07) is 8.55. The lowest BCUT2D eigenvalue weighted by atomic mass is 9.89. The van der Waals surface area contributed by atoms with Crippen LogP contribution in [0.3, 0.4) is 0 Å². The zero-order valence-corrected chi connectivity index (χ0v) is 16.0. The van der Waals surface area contributed by atoms with E-state index in [1.54, 1.807) is 6.92 Å². The number of ether oxygens (including phenoxy) is 2. The molecule has 7 nitrogen and oxygen atoms in total. The zero-order valence-electron chi connectivity index (χ0n) is 16.0. The molecule has 0 saturated heterocycles. The second kappa shape index (κ2) is 9.94. The minimum atomic E-state index is -1.08.